The van der Waals surface area contributed by atoms with E-state index in [9.17, 15) is 19.2 Å². The van der Waals surface area contributed by atoms with Crippen LogP contribution in [0.1, 0.15) is 41.5 Å². The van der Waals surface area contributed by atoms with Gasteiger partial charge in [-0.15, -0.1) is 11.8 Å². The molecule has 1 fully saturated rings. The van der Waals surface area contributed by atoms with Crippen LogP contribution in [0.3, 0.4) is 0 Å². The van der Waals surface area contributed by atoms with Gasteiger partial charge in [-0.1, -0.05) is 13.8 Å². The van der Waals surface area contributed by atoms with Crippen LogP contribution in [0.2, 0.25) is 0 Å². The van der Waals surface area contributed by atoms with Gasteiger partial charge in [-0.05, 0) is 33.6 Å². The number of carbonyl (C=O) groups is 4. The smallest absolute Gasteiger partial charge is 0.410 e. The van der Waals surface area contributed by atoms with Crippen LogP contribution in [0.4, 0.5) is 4.79 Å². The minimum atomic E-state index is -0.844. The van der Waals surface area contributed by atoms with E-state index in [-0.39, 0.29) is 11.8 Å². The first-order valence-electron chi connectivity index (χ1n) is 9.56. The van der Waals surface area contributed by atoms with Crippen molar-refractivity contribution < 1.29 is 28.7 Å². The fourth-order valence-corrected chi connectivity index (χ4v) is 3.77. The third-order valence-corrected chi connectivity index (χ3v) is 5.63. The zero-order chi connectivity index (χ0) is 22.5. The third-order valence-electron chi connectivity index (χ3n) is 4.45. The standard InChI is InChI=1S/C19H33N3O6S/c1-11(2)13(15(24)22-9-10-29-16(22)17(25)27-8)20-14(23)12(3)21(7)18(26)28-19(4,5)6/h11-13,16H,9-10H2,1-8H3,(H,20,23)/t12-,13-,16?/m0/s1. The highest BCUT2D eigenvalue weighted by atomic mass is 32.2. The van der Waals surface area contributed by atoms with Gasteiger partial charge >= 0.3 is 12.1 Å². The quantitative estimate of drug-likeness (QED) is 0.635. The van der Waals surface area contributed by atoms with E-state index < -0.39 is 41.0 Å². The Bertz CT molecular complexity index is 634. The highest BCUT2D eigenvalue weighted by Gasteiger charge is 2.40. The van der Waals surface area contributed by atoms with Crippen LogP contribution in [0.15, 0.2) is 0 Å². The lowest BCUT2D eigenvalue weighted by atomic mass is 10.0. The van der Waals surface area contributed by atoms with E-state index in [1.807, 2.05) is 13.8 Å². The van der Waals surface area contributed by atoms with Crippen molar-refractivity contribution in [2.45, 2.75) is 64.6 Å². The van der Waals surface area contributed by atoms with Crippen LogP contribution in [0.25, 0.3) is 0 Å². The molecule has 1 unspecified atom stereocenters. The monoisotopic (exact) mass is 431 g/mol. The molecule has 1 rings (SSSR count). The van der Waals surface area contributed by atoms with E-state index in [1.54, 1.807) is 27.7 Å². The molecule has 1 N–H and O–H groups in total. The summed E-state index contributed by atoms with van der Waals surface area (Å²) in [4.78, 5) is 52.6. The normalized spacial score (nSPS) is 18.8. The van der Waals surface area contributed by atoms with Crippen molar-refractivity contribution in [3.05, 3.63) is 0 Å². The number of likely N-dealkylation sites (N-methyl/N-ethyl adjacent to an activating group) is 1. The molecule has 0 bridgehead atoms. The highest BCUT2D eigenvalue weighted by Crippen LogP contribution is 2.26. The number of carbonyl (C=O) groups excluding carboxylic acids is 4. The first kappa shape index (κ1) is 25.1. The van der Waals surface area contributed by atoms with Gasteiger partial charge in [0.25, 0.3) is 0 Å². The Hall–Kier alpha value is -1.97. The molecule has 0 aromatic carbocycles. The van der Waals surface area contributed by atoms with Gasteiger partial charge in [0.1, 0.15) is 17.7 Å². The predicted molar refractivity (Wildman–Crippen MR) is 110 cm³/mol. The molecular formula is C19H33N3O6S. The maximum atomic E-state index is 13.1. The molecule has 3 atom stereocenters. The van der Waals surface area contributed by atoms with Crippen molar-refractivity contribution in [2.24, 2.45) is 5.92 Å². The van der Waals surface area contributed by atoms with Gasteiger partial charge in [0.15, 0.2) is 5.37 Å². The summed E-state index contributed by atoms with van der Waals surface area (Å²) >= 11 is 1.33. The van der Waals surface area contributed by atoms with Crippen LogP contribution in [-0.2, 0) is 23.9 Å². The summed E-state index contributed by atoms with van der Waals surface area (Å²) in [5.41, 5.74) is -0.686. The molecule has 0 aromatic rings. The summed E-state index contributed by atoms with van der Waals surface area (Å²) < 4.78 is 10.1. The number of ether oxygens (including phenoxy) is 2. The highest BCUT2D eigenvalue weighted by molar-refractivity contribution is 8.00. The molecule has 166 valence electrons. The van der Waals surface area contributed by atoms with Crippen LogP contribution < -0.4 is 5.32 Å². The Balaban J connectivity index is 2.87. The first-order chi connectivity index (χ1) is 13.3. The van der Waals surface area contributed by atoms with Gasteiger partial charge in [0.2, 0.25) is 11.8 Å². The maximum Gasteiger partial charge on any atom is 0.410 e. The fraction of sp³-hybridized carbons (Fsp3) is 0.789. The molecule has 0 radical (unpaired) electrons. The van der Waals surface area contributed by atoms with E-state index in [0.29, 0.717) is 12.3 Å². The van der Waals surface area contributed by atoms with Crippen LogP contribution in [0.5, 0.6) is 0 Å². The number of thioether (sulfide) groups is 1. The summed E-state index contributed by atoms with van der Waals surface area (Å²) in [5, 5.41) is 2.01. The number of amides is 3. The fourth-order valence-electron chi connectivity index (χ4n) is 2.63. The number of esters is 1. The summed E-state index contributed by atoms with van der Waals surface area (Å²) in [5.74, 6) is -0.919. The molecule has 0 spiro atoms. The van der Waals surface area contributed by atoms with Gasteiger partial charge in [0.05, 0.1) is 7.11 Å². The van der Waals surface area contributed by atoms with E-state index in [2.05, 4.69) is 5.32 Å². The second kappa shape index (κ2) is 10.2. The van der Waals surface area contributed by atoms with E-state index >= 15 is 0 Å². The Labute approximate surface area is 176 Å². The number of nitrogens with zero attached hydrogens (tertiary/aromatic N) is 2. The van der Waals surface area contributed by atoms with Crippen molar-refractivity contribution in [3.63, 3.8) is 0 Å². The third kappa shape index (κ3) is 6.80. The van der Waals surface area contributed by atoms with Crippen LogP contribution in [0, 0.1) is 5.92 Å². The van der Waals surface area contributed by atoms with Crippen molar-refractivity contribution >= 4 is 35.6 Å². The number of methoxy groups -OCH3 is 1. The molecule has 1 saturated heterocycles. The van der Waals surface area contributed by atoms with Gasteiger partial charge in [0, 0.05) is 19.3 Å². The molecule has 1 heterocycles. The predicted octanol–water partition coefficient (Wildman–Crippen LogP) is 1.46. The second-order valence-corrected chi connectivity index (χ2v) is 9.46. The van der Waals surface area contributed by atoms with Crippen LogP contribution >= 0.6 is 11.8 Å². The Morgan fingerprint density at radius 2 is 1.76 bits per heavy atom. The lowest BCUT2D eigenvalue weighted by molar-refractivity contribution is -0.149. The lowest BCUT2D eigenvalue weighted by Crippen LogP contribution is -2.57. The summed E-state index contributed by atoms with van der Waals surface area (Å²) in [6.07, 6.45) is -0.630. The SMILES string of the molecule is COC(=O)C1SCCN1C(=O)[C@@H](NC(=O)[C@H](C)N(C)C(=O)OC(C)(C)C)C(C)C. The number of hydrogen-bond donors (Lipinski definition) is 1. The molecule has 29 heavy (non-hydrogen) atoms. The topological polar surface area (TPSA) is 105 Å². The Kier molecular flexibility index (Phi) is 8.80. The molecule has 0 aromatic heterocycles. The van der Waals surface area contributed by atoms with E-state index in [1.165, 1.54) is 35.7 Å². The second-order valence-electron chi connectivity index (χ2n) is 8.28. The Morgan fingerprint density at radius 3 is 2.24 bits per heavy atom. The van der Waals surface area contributed by atoms with E-state index in [0.717, 1.165) is 0 Å². The molecular weight excluding hydrogens is 398 g/mol. The molecule has 1 aliphatic rings. The summed E-state index contributed by atoms with van der Waals surface area (Å²) in [6, 6.07) is -1.67. The van der Waals surface area contributed by atoms with Crippen molar-refractivity contribution in [3.8, 4) is 0 Å². The zero-order valence-corrected chi connectivity index (χ0v) is 19.3. The molecule has 10 heteroatoms. The van der Waals surface area contributed by atoms with Gasteiger partial charge in [-0.25, -0.2) is 9.59 Å². The average Bonchev–Trinajstić information content (AvgIpc) is 3.11. The van der Waals surface area contributed by atoms with Crippen LogP contribution in [-0.4, -0.2) is 83.2 Å². The molecule has 0 saturated carbocycles. The Morgan fingerprint density at radius 1 is 1.17 bits per heavy atom. The summed E-state index contributed by atoms with van der Waals surface area (Å²) in [7, 11) is 2.74. The van der Waals surface area contributed by atoms with Crippen molar-refractivity contribution in [1.82, 2.24) is 15.1 Å². The molecule has 1 aliphatic heterocycles. The number of rotatable bonds is 6. The van der Waals surface area contributed by atoms with Gasteiger partial charge < -0.3 is 19.7 Å². The van der Waals surface area contributed by atoms with Gasteiger partial charge in [-0.3, -0.25) is 14.5 Å². The molecule has 0 aliphatic carbocycles. The van der Waals surface area contributed by atoms with Gasteiger partial charge in [-0.2, -0.15) is 0 Å². The molecule has 9 nitrogen and oxygen atoms in total. The largest absolute Gasteiger partial charge is 0.467 e. The number of hydrogen-bond acceptors (Lipinski definition) is 7. The summed E-state index contributed by atoms with van der Waals surface area (Å²) in [6.45, 7) is 10.8. The van der Waals surface area contributed by atoms with Crippen molar-refractivity contribution in [1.29, 1.82) is 0 Å². The molecule has 3 amide bonds. The van der Waals surface area contributed by atoms with E-state index in [4.69, 9.17) is 9.47 Å². The minimum absolute atomic E-state index is 0.214. The minimum Gasteiger partial charge on any atom is -0.467 e. The average molecular weight is 432 g/mol. The lowest BCUT2D eigenvalue weighted by Gasteiger charge is -2.32. The number of nitrogens with one attached hydrogen (secondary N) is 1. The van der Waals surface area contributed by atoms with Crippen molar-refractivity contribution in [2.75, 3.05) is 26.5 Å². The maximum absolute atomic E-state index is 13.1. The zero-order valence-electron chi connectivity index (χ0n) is 18.5. The first-order valence-corrected chi connectivity index (χ1v) is 10.6.